The van der Waals surface area contributed by atoms with Crippen LogP contribution in [-0.4, -0.2) is 43.5 Å². The number of nitrogens with two attached hydrogens (primary N) is 1. The molecule has 1 aromatic rings. The number of carbonyl (C=O) groups excluding carboxylic acids is 2. The number of likely N-dealkylation sites (N-methyl/N-ethyl adjacent to an activating group) is 1. The minimum absolute atomic E-state index is 0. The van der Waals surface area contributed by atoms with E-state index in [2.05, 4.69) is 5.32 Å². The second-order valence-corrected chi connectivity index (χ2v) is 5.79. The predicted octanol–water partition coefficient (Wildman–Crippen LogP) is 2.67. The zero-order chi connectivity index (χ0) is 18.2. The van der Waals surface area contributed by atoms with Crippen molar-refractivity contribution in [1.82, 2.24) is 4.90 Å². The minimum atomic E-state index is -0.591. The number of nitrogens with zero attached hydrogens (tertiary/aromatic N) is 1. The SMILES string of the molecule is CCN(CC(=O)Nc1cccc(OC)c1)C(=O)C(CC)(CC)CN.Cl. The number of rotatable bonds is 9. The van der Waals surface area contributed by atoms with Crippen molar-refractivity contribution in [1.29, 1.82) is 0 Å². The number of anilines is 1. The number of carbonyl (C=O) groups is 2. The van der Waals surface area contributed by atoms with Crippen LogP contribution in [0, 0.1) is 5.41 Å². The molecule has 0 fully saturated rings. The van der Waals surface area contributed by atoms with Gasteiger partial charge in [0.1, 0.15) is 5.75 Å². The third-order valence-electron chi connectivity index (χ3n) is 4.55. The van der Waals surface area contributed by atoms with Crippen LogP contribution in [0.3, 0.4) is 0 Å². The van der Waals surface area contributed by atoms with E-state index >= 15 is 0 Å². The lowest BCUT2D eigenvalue weighted by molar-refractivity contribution is -0.144. The van der Waals surface area contributed by atoms with Crippen LogP contribution >= 0.6 is 12.4 Å². The van der Waals surface area contributed by atoms with E-state index < -0.39 is 5.41 Å². The summed E-state index contributed by atoms with van der Waals surface area (Å²) >= 11 is 0. The summed E-state index contributed by atoms with van der Waals surface area (Å²) in [5.41, 5.74) is 5.89. The molecule has 0 aliphatic rings. The van der Waals surface area contributed by atoms with Gasteiger partial charge < -0.3 is 20.7 Å². The molecule has 0 saturated carbocycles. The van der Waals surface area contributed by atoms with Crippen molar-refractivity contribution >= 4 is 29.9 Å². The average molecular weight is 372 g/mol. The largest absolute Gasteiger partial charge is 0.497 e. The summed E-state index contributed by atoms with van der Waals surface area (Å²) in [6.45, 7) is 6.54. The Bertz CT molecular complexity index is 554. The molecule has 6 nitrogen and oxygen atoms in total. The van der Waals surface area contributed by atoms with Crippen LogP contribution in [0.1, 0.15) is 33.6 Å². The van der Waals surface area contributed by atoms with Crippen molar-refractivity contribution in [3.8, 4) is 5.75 Å². The van der Waals surface area contributed by atoms with Gasteiger partial charge in [-0.2, -0.15) is 0 Å². The minimum Gasteiger partial charge on any atom is -0.497 e. The van der Waals surface area contributed by atoms with Gasteiger partial charge >= 0.3 is 0 Å². The molecule has 0 aromatic heterocycles. The van der Waals surface area contributed by atoms with Gasteiger partial charge in [-0.25, -0.2) is 0 Å². The van der Waals surface area contributed by atoms with Gasteiger partial charge in [0.15, 0.2) is 0 Å². The highest BCUT2D eigenvalue weighted by atomic mass is 35.5. The van der Waals surface area contributed by atoms with E-state index in [0.29, 0.717) is 30.8 Å². The van der Waals surface area contributed by atoms with Gasteiger partial charge in [-0.05, 0) is 31.9 Å². The van der Waals surface area contributed by atoms with Crippen molar-refractivity contribution in [3.63, 3.8) is 0 Å². The lowest BCUT2D eigenvalue weighted by Crippen LogP contribution is -2.49. The summed E-state index contributed by atoms with van der Waals surface area (Å²) in [5, 5.41) is 2.80. The number of hydrogen-bond acceptors (Lipinski definition) is 4. The van der Waals surface area contributed by atoms with E-state index in [9.17, 15) is 9.59 Å². The van der Waals surface area contributed by atoms with Gasteiger partial charge in [-0.1, -0.05) is 19.9 Å². The fourth-order valence-electron chi connectivity index (χ4n) is 2.67. The Morgan fingerprint density at radius 1 is 1.24 bits per heavy atom. The maximum atomic E-state index is 12.8. The van der Waals surface area contributed by atoms with Crippen LogP contribution < -0.4 is 15.8 Å². The molecular formula is C18H30ClN3O3. The first kappa shape index (κ1) is 23.2. The van der Waals surface area contributed by atoms with Gasteiger partial charge in [0.05, 0.1) is 19.1 Å². The van der Waals surface area contributed by atoms with E-state index in [1.807, 2.05) is 20.8 Å². The molecule has 3 N–H and O–H groups in total. The molecule has 0 radical (unpaired) electrons. The summed E-state index contributed by atoms with van der Waals surface area (Å²) in [7, 11) is 1.57. The van der Waals surface area contributed by atoms with Gasteiger partial charge in [-0.15, -0.1) is 12.4 Å². The molecule has 142 valence electrons. The normalized spacial score (nSPS) is 10.6. The topological polar surface area (TPSA) is 84.7 Å². The summed E-state index contributed by atoms with van der Waals surface area (Å²) in [5.74, 6) is 0.366. The first-order chi connectivity index (χ1) is 11.5. The second kappa shape index (κ2) is 10.9. The maximum absolute atomic E-state index is 12.8. The lowest BCUT2D eigenvalue weighted by atomic mass is 9.81. The standard InChI is InChI=1S/C18H29N3O3.ClH/c1-5-18(6-2,13-19)17(23)21(7-3)12-16(22)20-14-9-8-10-15(11-14)24-4;/h8-11H,5-7,12-13,19H2,1-4H3,(H,20,22);1H. The molecule has 0 unspecified atom stereocenters. The molecule has 0 atom stereocenters. The molecule has 1 aromatic carbocycles. The number of ether oxygens (including phenoxy) is 1. The number of nitrogens with one attached hydrogen (secondary N) is 1. The van der Waals surface area contributed by atoms with Crippen LogP contribution in [0.15, 0.2) is 24.3 Å². The molecule has 2 amide bonds. The van der Waals surface area contributed by atoms with Crippen LogP contribution in [-0.2, 0) is 9.59 Å². The average Bonchev–Trinajstić information content (AvgIpc) is 2.61. The Morgan fingerprint density at radius 2 is 1.88 bits per heavy atom. The molecule has 0 saturated heterocycles. The number of halogens is 1. The summed E-state index contributed by atoms with van der Waals surface area (Å²) in [4.78, 5) is 26.7. The fourth-order valence-corrected chi connectivity index (χ4v) is 2.67. The van der Waals surface area contributed by atoms with Crippen molar-refractivity contribution in [3.05, 3.63) is 24.3 Å². The number of amides is 2. The highest BCUT2D eigenvalue weighted by Crippen LogP contribution is 2.27. The molecule has 1 rings (SSSR count). The lowest BCUT2D eigenvalue weighted by Gasteiger charge is -2.34. The zero-order valence-corrected chi connectivity index (χ0v) is 16.3. The van der Waals surface area contributed by atoms with E-state index in [0.717, 1.165) is 0 Å². The first-order valence-corrected chi connectivity index (χ1v) is 8.39. The Labute approximate surface area is 156 Å². The zero-order valence-electron chi connectivity index (χ0n) is 15.5. The third kappa shape index (κ3) is 5.90. The quantitative estimate of drug-likeness (QED) is 0.698. The van der Waals surface area contributed by atoms with Gasteiger partial charge in [0, 0.05) is 24.8 Å². The van der Waals surface area contributed by atoms with Crippen molar-refractivity contribution < 1.29 is 14.3 Å². The summed E-state index contributed by atoms with van der Waals surface area (Å²) in [6, 6.07) is 7.11. The van der Waals surface area contributed by atoms with E-state index in [1.165, 1.54) is 0 Å². The molecule has 0 heterocycles. The summed E-state index contributed by atoms with van der Waals surface area (Å²) in [6.07, 6.45) is 1.32. The van der Waals surface area contributed by atoms with Crippen molar-refractivity contribution in [2.24, 2.45) is 11.1 Å². The Hall–Kier alpha value is -1.79. The van der Waals surface area contributed by atoms with Crippen LogP contribution in [0.25, 0.3) is 0 Å². The van der Waals surface area contributed by atoms with Crippen molar-refractivity contribution in [2.75, 3.05) is 32.1 Å². The molecule has 7 heteroatoms. The predicted molar refractivity (Wildman–Crippen MR) is 103 cm³/mol. The molecule has 0 bridgehead atoms. The van der Waals surface area contributed by atoms with Crippen LogP contribution in [0.2, 0.25) is 0 Å². The Balaban J connectivity index is 0.00000576. The molecule has 0 aliphatic heterocycles. The van der Waals surface area contributed by atoms with Crippen molar-refractivity contribution in [2.45, 2.75) is 33.6 Å². The highest BCUT2D eigenvalue weighted by Gasteiger charge is 2.36. The third-order valence-corrected chi connectivity index (χ3v) is 4.55. The Morgan fingerprint density at radius 3 is 2.36 bits per heavy atom. The van der Waals surface area contributed by atoms with Gasteiger partial charge in [0.25, 0.3) is 0 Å². The molecule has 0 aliphatic carbocycles. The number of hydrogen-bond donors (Lipinski definition) is 2. The van der Waals surface area contributed by atoms with E-state index in [4.69, 9.17) is 10.5 Å². The van der Waals surface area contributed by atoms with Crippen LogP contribution in [0.4, 0.5) is 5.69 Å². The fraction of sp³-hybridized carbons (Fsp3) is 0.556. The number of benzene rings is 1. The molecule has 25 heavy (non-hydrogen) atoms. The highest BCUT2D eigenvalue weighted by molar-refractivity contribution is 5.95. The molecular weight excluding hydrogens is 342 g/mol. The van der Waals surface area contributed by atoms with E-state index in [1.54, 1.807) is 36.3 Å². The Kier molecular flexibility index (Phi) is 10.2. The van der Waals surface area contributed by atoms with Gasteiger partial charge in [0.2, 0.25) is 11.8 Å². The van der Waals surface area contributed by atoms with Gasteiger partial charge in [-0.3, -0.25) is 9.59 Å². The smallest absolute Gasteiger partial charge is 0.243 e. The maximum Gasteiger partial charge on any atom is 0.243 e. The monoisotopic (exact) mass is 371 g/mol. The second-order valence-electron chi connectivity index (χ2n) is 5.79. The van der Waals surface area contributed by atoms with E-state index in [-0.39, 0.29) is 37.3 Å². The first-order valence-electron chi connectivity index (χ1n) is 8.39. The number of methoxy groups -OCH3 is 1. The van der Waals surface area contributed by atoms with Crippen LogP contribution in [0.5, 0.6) is 5.75 Å². The summed E-state index contributed by atoms with van der Waals surface area (Å²) < 4.78 is 5.14. The molecule has 0 spiro atoms.